The molecule has 1 fully saturated rings. The lowest BCUT2D eigenvalue weighted by atomic mass is 10.0. The Bertz CT molecular complexity index is 577. The molecule has 1 aliphatic carbocycles. The van der Waals surface area contributed by atoms with Gasteiger partial charge in [0.1, 0.15) is 5.41 Å². The zero-order chi connectivity index (χ0) is 17.7. The molecule has 2 rings (SSSR count). The molecule has 0 radical (unpaired) electrons. The summed E-state index contributed by atoms with van der Waals surface area (Å²) in [5.74, 6) is -0.353. The molecule has 1 saturated carbocycles. The fourth-order valence-electron chi connectivity index (χ4n) is 2.54. The van der Waals surface area contributed by atoms with Crippen LogP contribution in [0.5, 0.6) is 0 Å². The number of amides is 2. The Kier molecular flexibility index (Phi) is 5.83. The Morgan fingerprint density at radius 3 is 2.17 bits per heavy atom. The highest BCUT2D eigenvalue weighted by Crippen LogP contribution is 2.46. The highest BCUT2D eigenvalue weighted by Gasteiger charge is 2.56. The third kappa shape index (κ3) is 4.47. The van der Waals surface area contributed by atoms with Gasteiger partial charge in [0.15, 0.2) is 0 Å². The van der Waals surface area contributed by atoms with Crippen LogP contribution in [0.25, 0.3) is 0 Å². The lowest BCUT2D eigenvalue weighted by molar-refractivity contribution is -0.134. The predicted octanol–water partition coefficient (Wildman–Crippen LogP) is 1.54. The van der Waals surface area contributed by atoms with Crippen LogP contribution < -0.4 is 15.5 Å². The minimum Gasteiger partial charge on any atom is -0.378 e. The van der Waals surface area contributed by atoms with E-state index in [1.54, 1.807) is 0 Å². The summed E-state index contributed by atoms with van der Waals surface area (Å²) in [6.45, 7) is 1.52. The molecule has 2 amide bonds. The first-order valence-electron chi connectivity index (χ1n) is 8.37. The molecule has 6 heteroatoms. The molecule has 2 N–H and O–H groups in total. The van der Waals surface area contributed by atoms with E-state index in [0.717, 1.165) is 24.3 Å². The van der Waals surface area contributed by atoms with Gasteiger partial charge in [0.2, 0.25) is 11.8 Å². The van der Waals surface area contributed by atoms with Gasteiger partial charge in [0.05, 0.1) is 0 Å². The van der Waals surface area contributed by atoms with E-state index < -0.39 is 5.41 Å². The van der Waals surface area contributed by atoms with Crippen LogP contribution in [0.3, 0.4) is 0 Å². The van der Waals surface area contributed by atoms with Crippen molar-refractivity contribution in [2.24, 2.45) is 5.41 Å². The fraction of sp³-hybridized carbons (Fsp3) is 0.556. The summed E-state index contributed by atoms with van der Waals surface area (Å²) in [5.41, 5.74) is 0.906. The standard InChI is InChI=1S/C18H28N4O2/c1-21(2)13-5-12-19-16(23)18(10-11-18)17(24)20-14-6-8-15(9-7-14)22(3)4/h6-9H,5,10-13H2,1-4H3,(H,19,23)(H,20,24). The number of benzene rings is 1. The fourth-order valence-corrected chi connectivity index (χ4v) is 2.54. The van der Waals surface area contributed by atoms with Gasteiger partial charge in [-0.1, -0.05) is 0 Å². The summed E-state index contributed by atoms with van der Waals surface area (Å²) in [6, 6.07) is 7.60. The Balaban J connectivity index is 1.87. The first kappa shape index (κ1) is 18.3. The Morgan fingerprint density at radius 2 is 1.67 bits per heavy atom. The molecule has 0 saturated heterocycles. The number of nitrogens with one attached hydrogen (secondary N) is 2. The smallest absolute Gasteiger partial charge is 0.240 e. The maximum absolute atomic E-state index is 12.5. The van der Waals surface area contributed by atoms with Crippen molar-refractivity contribution in [3.05, 3.63) is 24.3 Å². The number of anilines is 2. The molecule has 0 unspecified atom stereocenters. The van der Waals surface area contributed by atoms with Gasteiger partial charge in [0.25, 0.3) is 0 Å². The van der Waals surface area contributed by atoms with Crippen molar-refractivity contribution in [2.75, 3.05) is 51.5 Å². The van der Waals surface area contributed by atoms with Crippen LogP contribution in [-0.4, -0.2) is 58.0 Å². The van der Waals surface area contributed by atoms with Gasteiger partial charge in [-0.3, -0.25) is 9.59 Å². The van der Waals surface area contributed by atoms with Crippen LogP contribution in [-0.2, 0) is 9.59 Å². The molecule has 0 bridgehead atoms. The number of hydrogen-bond donors (Lipinski definition) is 2. The summed E-state index contributed by atoms with van der Waals surface area (Å²) in [7, 11) is 7.93. The third-order valence-electron chi connectivity index (χ3n) is 4.33. The van der Waals surface area contributed by atoms with Gasteiger partial charge in [-0.15, -0.1) is 0 Å². The quantitative estimate of drug-likeness (QED) is 0.560. The molecular weight excluding hydrogens is 304 g/mol. The molecule has 0 aliphatic heterocycles. The maximum Gasteiger partial charge on any atom is 0.240 e. The van der Waals surface area contributed by atoms with Crippen LogP contribution in [0.15, 0.2) is 24.3 Å². The topological polar surface area (TPSA) is 64.7 Å². The van der Waals surface area contributed by atoms with Gasteiger partial charge in [-0.25, -0.2) is 0 Å². The molecule has 1 aliphatic rings. The third-order valence-corrected chi connectivity index (χ3v) is 4.33. The first-order valence-corrected chi connectivity index (χ1v) is 8.37. The molecule has 0 atom stereocenters. The van der Waals surface area contributed by atoms with Crippen LogP contribution >= 0.6 is 0 Å². The second-order valence-electron chi connectivity index (χ2n) is 6.89. The van der Waals surface area contributed by atoms with Crippen molar-refractivity contribution in [3.8, 4) is 0 Å². The van der Waals surface area contributed by atoms with Crippen LogP contribution in [0, 0.1) is 5.41 Å². The number of nitrogens with zero attached hydrogens (tertiary/aromatic N) is 2. The summed E-state index contributed by atoms with van der Waals surface area (Å²) in [4.78, 5) is 28.9. The van der Waals surface area contributed by atoms with E-state index in [4.69, 9.17) is 0 Å². The summed E-state index contributed by atoms with van der Waals surface area (Å²) in [5, 5.41) is 5.77. The largest absolute Gasteiger partial charge is 0.378 e. The summed E-state index contributed by atoms with van der Waals surface area (Å²) in [6.07, 6.45) is 2.12. The molecule has 24 heavy (non-hydrogen) atoms. The van der Waals surface area contributed by atoms with E-state index in [2.05, 4.69) is 15.5 Å². The van der Waals surface area contributed by atoms with E-state index in [-0.39, 0.29) is 11.8 Å². The molecule has 132 valence electrons. The van der Waals surface area contributed by atoms with Crippen LogP contribution in [0.2, 0.25) is 0 Å². The van der Waals surface area contributed by atoms with Gasteiger partial charge < -0.3 is 20.4 Å². The normalized spacial score (nSPS) is 15.0. The van der Waals surface area contributed by atoms with Crippen molar-refractivity contribution >= 4 is 23.2 Å². The van der Waals surface area contributed by atoms with E-state index in [0.29, 0.717) is 19.4 Å². The van der Waals surface area contributed by atoms with E-state index in [1.807, 2.05) is 57.4 Å². The Hall–Kier alpha value is -2.08. The van der Waals surface area contributed by atoms with Crippen molar-refractivity contribution in [3.63, 3.8) is 0 Å². The number of carbonyl (C=O) groups is 2. The zero-order valence-electron chi connectivity index (χ0n) is 15.1. The van der Waals surface area contributed by atoms with Crippen LogP contribution in [0.1, 0.15) is 19.3 Å². The molecule has 1 aromatic carbocycles. The molecule has 1 aromatic rings. The SMILES string of the molecule is CN(C)CCCNC(=O)C1(C(=O)Nc2ccc(N(C)C)cc2)CC1. The molecule has 0 aromatic heterocycles. The van der Waals surface area contributed by atoms with Crippen molar-refractivity contribution in [1.29, 1.82) is 0 Å². The number of rotatable bonds is 8. The summed E-state index contributed by atoms with van der Waals surface area (Å²) < 4.78 is 0. The molecule has 0 heterocycles. The van der Waals surface area contributed by atoms with Gasteiger partial charge >= 0.3 is 0 Å². The number of carbonyl (C=O) groups excluding carboxylic acids is 2. The Labute approximate surface area is 144 Å². The monoisotopic (exact) mass is 332 g/mol. The zero-order valence-corrected chi connectivity index (χ0v) is 15.1. The van der Waals surface area contributed by atoms with Gasteiger partial charge in [0, 0.05) is 32.0 Å². The lowest BCUT2D eigenvalue weighted by Crippen LogP contribution is -2.40. The van der Waals surface area contributed by atoms with Gasteiger partial charge in [-0.2, -0.15) is 0 Å². The maximum atomic E-state index is 12.5. The minimum atomic E-state index is -0.877. The molecule has 0 spiro atoms. The lowest BCUT2D eigenvalue weighted by Gasteiger charge is -2.17. The Morgan fingerprint density at radius 1 is 1.04 bits per heavy atom. The van der Waals surface area contributed by atoms with Crippen molar-refractivity contribution in [2.45, 2.75) is 19.3 Å². The van der Waals surface area contributed by atoms with Crippen molar-refractivity contribution < 1.29 is 9.59 Å². The highest BCUT2D eigenvalue weighted by atomic mass is 16.2. The van der Waals surface area contributed by atoms with E-state index >= 15 is 0 Å². The molecular formula is C18H28N4O2. The van der Waals surface area contributed by atoms with Gasteiger partial charge in [-0.05, 0) is 64.2 Å². The van der Waals surface area contributed by atoms with E-state index in [9.17, 15) is 9.59 Å². The van der Waals surface area contributed by atoms with Crippen molar-refractivity contribution in [1.82, 2.24) is 10.2 Å². The van der Waals surface area contributed by atoms with E-state index in [1.165, 1.54) is 0 Å². The highest BCUT2D eigenvalue weighted by molar-refractivity contribution is 6.13. The molecule has 6 nitrogen and oxygen atoms in total. The second-order valence-corrected chi connectivity index (χ2v) is 6.89. The number of hydrogen-bond acceptors (Lipinski definition) is 4. The predicted molar refractivity (Wildman–Crippen MR) is 97.2 cm³/mol. The van der Waals surface area contributed by atoms with Crippen LogP contribution in [0.4, 0.5) is 11.4 Å². The summed E-state index contributed by atoms with van der Waals surface area (Å²) >= 11 is 0. The average Bonchev–Trinajstić information content (AvgIpc) is 3.33. The minimum absolute atomic E-state index is 0.149. The first-order chi connectivity index (χ1) is 11.3. The second kappa shape index (κ2) is 7.66. The average molecular weight is 332 g/mol.